The van der Waals surface area contributed by atoms with Crippen molar-refractivity contribution in [3.63, 3.8) is 0 Å². The van der Waals surface area contributed by atoms with Gasteiger partial charge in [-0.15, -0.1) is 0 Å². The van der Waals surface area contributed by atoms with E-state index in [-0.39, 0.29) is 42.1 Å². The maximum absolute atomic E-state index is 9.26. The number of aliphatic carboxylic acids is 1. The predicted molar refractivity (Wildman–Crippen MR) is 27.0 cm³/mol. The molecular formula is C3H9NNaO2. The van der Waals surface area contributed by atoms with Crippen molar-refractivity contribution in [3.05, 3.63) is 0 Å². The molecule has 0 aromatic heterocycles. The Morgan fingerprint density at radius 2 is 1.86 bits per heavy atom. The summed E-state index contributed by atoms with van der Waals surface area (Å²) in [5, 5.41) is 9.26. The van der Waals surface area contributed by atoms with Crippen LogP contribution in [0.15, 0.2) is 0 Å². The smallest absolute Gasteiger partial charge is 0.0411 e. The molecule has 0 aliphatic carbocycles. The molecule has 0 saturated heterocycles. The van der Waals surface area contributed by atoms with Gasteiger partial charge in [-0.1, -0.05) is 6.92 Å². The third-order valence-corrected chi connectivity index (χ3v) is 0.289. The molecule has 39 valence electrons. The van der Waals surface area contributed by atoms with E-state index in [4.69, 9.17) is 0 Å². The first kappa shape index (κ1) is 15.7. The molecule has 0 saturated carbocycles. The van der Waals surface area contributed by atoms with E-state index in [1.165, 1.54) is 6.92 Å². The first-order valence-electron chi connectivity index (χ1n) is 1.47. The van der Waals surface area contributed by atoms with Gasteiger partial charge in [0, 0.05) is 35.5 Å². The van der Waals surface area contributed by atoms with Crippen LogP contribution >= 0.6 is 0 Å². The van der Waals surface area contributed by atoms with Crippen LogP contribution in [-0.4, -0.2) is 35.5 Å². The van der Waals surface area contributed by atoms with Crippen LogP contribution in [-0.2, 0) is 4.79 Å². The van der Waals surface area contributed by atoms with Crippen molar-refractivity contribution < 1.29 is 9.90 Å². The number of quaternary nitrogens is 1. The standard InChI is InChI=1S/C3H6O2.H3N.Na/c1-2-3(4)5;;/h2H2,1H3,(H,4,5);1H3;. The van der Waals surface area contributed by atoms with Crippen LogP contribution in [0.2, 0.25) is 0 Å². The second-order valence-corrected chi connectivity index (χ2v) is 0.726. The average molecular weight is 114 g/mol. The number of carbonyl (C=O) groups excluding carboxylic acids is 1. The zero-order chi connectivity index (χ0) is 4.28. The zero-order valence-electron chi connectivity index (χ0n) is 5.02. The third kappa shape index (κ3) is 21.4. The van der Waals surface area contributed by atoms with Gasteiger partial charge in [-0.3, -0.25) is 0 Å². The summed E-state index contributed by atoms with van der Waals surface area (Å²) in [6.45, 7) is 1.54. The molecule has 0 bridgehead atoms. The Balaban J connectivity index is -0.0000000800. The van der Waals surface area contributed by atoms with Gasteiger partial charge in [0.1, 0.15) is 0 Å². The zero-order valence-corrected chi connectivity index (χ0v) is 7.02. The number of carboxylic acids is 1. The van der Waals surface area contributed by atoms with E-state index in [0.29, 0.717) is 0 Å². The quantitative estimate of drug-likeness (QED) is 0.450. The van der Waals surface area contributed by atoms with Crippen molar-refractivity contribution in [2.75, 3.05) is 0 Å². The monoisotopic (exact) mass is 114 g/mol. The van der Waals surface area contributed by atoms with Gasteiger partial charge >= 0.3 is 0 Å². The molecular weight excluding hydrogens is 105 g/mol. The Morgan fingerprint density at radius 3 is 1.86 bits per heavy atom. The molecule has 0 unspecified atom stereocenters. The minimum absolute atomic E-state index is 0. The maximum atomic E-state index is 9.26. The first-order chi connectivity index (χ1) is 2.27. The molecule has 3 nitrogen and oxygen atoms in total. The van der Waals surface area contributed by atoms with E-state index < -0.39 is 5.97 Å². The molecule has 4 heteroatoms. The predicted octanol–water partition coefficient (Wildman–Crippen LogP) is -0.858. The molecule has 0 spiro atoms. The fourth-order valence-electron chi connectivity index (χ4n) is 0. The summed E-state index contributed by atoms with van der Waals surface area (Å²) in [4.78, 5) is 9.26. The van der Waals surface area contributed by atoms with Gasteiger partial charge in [0.25, 0.3) is 0 Å². The van der Waals surface area contributed by atoms with Gasteiger partial charge in [0.05, 0.1) is 0 Å². The Labute approximate surface area is 65.0 Å². The Hall–Kier alpha value is 0.430. The Morgan fingerprint density at radius 1 is 1.71 bits per heavy atom. The van der Waals surface area contributed by atoms with E-state index in [9.17, 15) is 9.90 Å². The van der Waals surface area contributed by atoms with Crippen molar-refractivity contribution in [1.82, 2.24) is 6.15 Å². The molecule has 0 rings (SSSR count). The summed E-state index contributed by atoms with van der Waals surface area (Å²) in [5.74, 6) is -0.995. The van der Waals surface area contributed by atoms with Gasteiger partial charge < -0.3 is 16.1 Å². The van der Waals surface area contributed by atoms with E-state index in [2.05, 4.69) is 0 Å². The fraction of sp³-hybridized carbons (Fsp3) is 0.667. The molecule has 0 aliphatic rings. The van der Waals surface area contributed by atoms with E-state index in [1.807, 2.05) is 0 Å². The van der Waals surface area contributed by atoms with Gasteiger partial charge in [-0.05, 0) is 6.42 Å². The molecule has 0 aromatic rings. The summed E-state index contributed by atoms with van der Waals surface area (Å²) in [6, 6.07) is 0. The van der Waals surface area contributed by atoms with Gasteiger partial charge in [0.2, 0.25) is 0 Å². The van der Waals surface area contributed by atoms with Crippen LogP contribution in [0.3, 0.4) is 0 Å². The van der Waals surface area contributed by atoms with E-state index in [0.717, 1.165) is 0 Å². The molecule has 0 atom stereocenters. The topological polar surface area (TPSA) is 76.6 Å². The van der Waals surface area contributed by atoms with E-state index >= 15 is 0 Å². The minimum Gasteiger partial charge on any atom is -0.550 e. The first-order valence-corrected chi connectivity index (χ1v) is 1.47. The summed E-state index contributed by atoms with van der Waals surface area (Å²) in [5.41, 5.74) is 0. The number of hydrogen-bond donors (Lipinski definition) is 1. The van der Waals surface area contributed by atoms with Crippen LogP contribution < -0.4 is 11.3 Å². The third-order valence-electron chi connectivity index (χ3n) is 0.289. The Bertz CT molecular complexity index is 48.2. The van der Waals surface area contributed by atoms with Gasteiger partial charge in [-0.2, -0.15) is 0 Å². The van der Waals surface area contributed by atoms with Crippen molar-refractivity contribution in [3.8, 4) is 0 Å². The van der Waals surface area contributed by atoms with Crippen molar-refractivity contribution in [1.29, 1.82) is 0 Å². The van der Waals surface area contributed by atoms with Gasteiger partial charge in [0.15, 0.2) is 0 Å². The second-order valence-electron chi connectivity index (χ2n) is 0.726. The molecule has 4 N–H and O–H groups in total. The number of hydrogen-bond acceptors (Lipinski definition) is 2. The maximum Gasteiger partial charge on any atom is 0.0411 e. The molecule has 1 radical (unpaired) electrons. The average Bonchev–Trinajstić information content (AvgIpc) is 1.38. The van der Waals surface area contributed by atoms with Crippen LogP contribution in [0.25, 0.3) is 0 Å². The number of carbonyl (C=O) groups is 1. The summed E-state index contributed by atoms with van der Waals surface area (Å²) >= 11 is 0. The largest absolute Gasteiger partial charge is 0.550 e. The fourth-order valence-corrected chi connectivity index (χ4v) is 0. The molecule has 0 heterocycles. The minimum atomic E-state index is -0.995. The second kappa shape index (κ2) is 9.66. The van der Waals surface area contributed by atoms with Crippen molar-refractivity contribution in [2.24, 2.45) is 0 Å². The molecule has 0 fully saturated rings. The molecule has 7 heavy (non-hydrogen) atoms. The van der Waals surface area contributed by atoms with Crippen LogP contribution in [0, 0.1) is 0 Å². The van der Waals surface area contributed by atoms with Gasteiger partial charge in [-0.25, -0.2) is 0 Å². The molecule has 0 amide bonds. The normalized spacial score (nSPS) is 5.29. The molecule has 0 aromatic carbocycles. The SMILES string of the molecule is CCC(=O)[O-].[NH4+].[Na]. The summed E-state index contributed by atoms with van der Waals surface area (Å²) in [6.07, 6.45) is 0.111. The van der Waals surface area contributed by atoms with Crippen molar-refractivity contribution in [2.45, 2.75) is 13.3 Å². The van der Waals surface area contributed by atoms with E-state index in [1.54, 1.807) is 0 Å². The summed E-state index contributed by atoms with van der Waals surface area (Å²) < 4.78 is 0. The number of rotatable bonds is 1. The molecule has 0 aliphatic heterocycles. The van der Waals surface area contributed by atoms with Crippen LogP contribution in [0.5, 0.6) is 0 Å². The summed E-state index contributed by atoms with van der Waals surface area (Å²) in [7, 11) is 0. The van der Waals surface area contributed by atoms with Crippen molar-refractivity contribution >= 4 is 35.5 Å². The van der Waals surface area contributed by atoms with Crippen LogP contribution in [0.1, 0.15) is 13.3 Å². The Kier molecular flexibility index (Phi) is 21.6. The van der Waals surface area contributed by atoms with Crippen LogP contribution in [0.4, 0.5) is 0 Å². The number of carboxylic acid groups (broad SMARTS) is 1.